The van der Waals surface area contributed by atoms with Crippen LogP contribution in [-0.4, -0.2) is 75.5 Å². The second-order valence-electron chi connectivity index (χ2n) is 14.9. The summed E-state index contributed by atoms with van der Waals surface area (Å²) >= 11 is 0. The van der Waals surface area contributed by atoms with Crippen LogP contribution in [0.1, 0.15) is 149 Å². The van der Waals surface area contributed by atoms with Crippen LogP contribution in [-0.2, 0) is 28.6 Å². The summed E-state index contributed by atoms with van der Waals surface area (Å²) in [5.41, 5.74) is 0. The van der Waals surface area contributed by atoms with Crippen molar-refractivity contribution in [2.45, 2.75) is 161 Å². The molecule has 8 nitrogen and oxygen atoms in total. The van der Waals surface area contributed by atoms with Gasteiger partial charge in [-0.25, -0.2) is 0 Å². The van der Waals surface area contributed by atoms with Gasteiger partial charge in [0.25, 0.3) is 0 Å². The number of hydrogen-bond acceptors (Lipinski definition) is 7. The topological polar surface area (TPSA) is 102 Å². The van der Waals surface area contributed by atoms with Crippen molar-refractivity contribution in [3.8, 4) is 0 Å². The van der Waals surface area contributed by atoms with E-state index in [1.165, 1.54) is 44.9 Å². The van der Waals surface area contributed by atoms with Gasteiger partial charge in [-0.2, -0.15) is 0 Å². The van der Waals surface area contributed by atoms with Gasteiger partial charge in [0.05, 0.1) is 40.3 Å². The van der Waals surface area contributed by atoms with Gasteiger partial charge in [0.15, 0.2) is 6.10 Å². The number of unbranched alkanes of at least 4 members (excludes halogenated alkanes) is 13. The molecule has 0 N–H and O–H groups in total. The molecule has 0 aromatic carbocycles. The van der Waals surface area contributed by atoms with Gasteiger partial charge in [0.2, 0.25) is 0 Å². The van der Waals surface area contributed by atoms with Crippen LogP contribution in [0.25, 0.3) is 0 Å². The van der Waals surface area contributed by atoms with Crippen molar-refractivity contribution in [1.29, 1.82) is 0 Å². The maximum atomic E-state index is 12.7. The van der Waals surface area contributed by atoms with Crippen molar-refractivity contribution in [3.05, 3.63) is 72.9 Å². The number of aliphatic carboxylic acids is 1. The average Bonchev–Trinajstić information content (AvgIpc) is 3.12. The van der Waals surface area contributed by atoms with Gasteiger partial charge < -0.3 is 28.6 Å². The third-order valence-electron chi connectivity index (χ3n) is 8.92. The zero-order valence-electron chi connectivity index (χ0n) is 34.9. The molecule has 0 saturated heterocycles. The molecule has 0 aromatic rings. The number of ether oxygens (including phenoxy) is 3. The third-order valence-corrected chi connectivity index (χ3v) is 8.92. The highest BCUT2D eigenvalue weighted by atomic mass is 16.6. The Morgan fingerprint density at radius 2 is 1.11 bits per heavy atom. The predicted molar refractivity (Wildman–Crippen MR) is 222 cm³/mol. The highest BCUT2D eigenvalue weighted by Crippen LogP contribution is 2.13. The number of allylic oxidation sites excluding steroid dienone is 12. The first-order valence-corrected chi connectivity index (χ1v) is 21.0. The number of quaternary nitrogens is 1. The van der Waals surface area contributed by atoms with E-state index < -0.39 is 18.1 Å². The lowest BCUT2D eigenvalue weighted by molar-refractivity contribution is -0.889. The van der Waals surface area contributed by atoms with E-state index in [1.54, 1.807) is 21.1 Å². The van der Waals surface area contributed by atoms with Crippen molar-refractivity contribution in [2.24, 2.45) is 0 Å². The van der Waals surface area contributed by atoms with Crippen LogP contribution in [0.5, 0.6) is 0 Å². The molecule has 0 saturated carbocycles. The lowest BCUT2D eigenvalue weighted by Crippen LogP contribution is -2.55. The van der Waals surface area contributed by atoms with Crippen molar-refractivity contribution in [3.63, 3.8) is 0 Å². The van der Waals surface area contributed by atoms with Crippen LogP contribution in [0, 0.1) is 0 Å². The van der Waals surface area contributed by atoms with Crippen LogP contribution in [0.15, 0.2) is 72.9 Å². The Bertz CT molecular complexity index is 1110. The van der Waals surface area contributed by atoms with E-state index in [1.807, 2.05) is 36.5 Å². The molecule has 0 rings (SSSR count). The van der Waals surface area contributed by atoms with Gasteiger partial charge in [-0.05, 0) is 64.2 Å². The van der Waals surface area contributed by atoms with E-state index in [0.717, 1.165) is 70.6 Å². The van der Waals surface area contributed by atoms with E-state index >= 15 is 0 Å². The Hall–Kier alpha value is -3.23. The Morgan fingerprint density at radius 3 is 1.70 bits per heavy atom. The zero-order valence-corrected chi connectivity index (χ0v) is 34.9. The molecule has 0 fully saturated rings. The molecule has 54 heavy (non-hydrogen) atoms. The molecule has 0 aliphatic heterocycles. The molecule has 0 bridgehead atoms. The van der Waals surface area contributed by atoms with Crippen LogP contribution >= 0.6 is 0 Å². The van der Waals surface area contributed by atoms with E-state index in [-0.39, 0.29) is 42.7 Å². The molecule has 0 aliphatic carbocycles. The summed E-state index contributed by atoms with van der Waals surface area (Å²) in [5, 5.41) is 11.6. The lowest BCUT2D eigenvalue weighted by atomic mass is 10.1. The second kappa shape index (κ2) is 36.7. The number of esters is 2. The van der Waals surface area contributed by atoms with Gasteiger partial charge in [-0.3, -0.25) is 9.59 Å². The normalized spacial score (nSPS) is 13.7. The van der Waals surface area contributed by atoms with Crippen LogP contribution in [0.4, 0.5) is 0 Å². The number of rotatable bonds is 36. The summed E-state index contributed by atoms with van der Waals surface area (Å²) in [7, 11) is 5.38. The Labute approximate surface area is 330 Å². The summed E-state index contributed by atoms with van der Waals surface area (Å²) < 4.78 is 17.1. The minimum atomic E-state index is -1.14. The highest BCUT2D eigenvalue weighted by molar-refractivity contribution is 5.70. The number of carboxylic acids is 1. The molecule has 2 atom stereocenters. The van der Waals surface area contributed by atoms with Crippen LogP contribution < -0.4 is 5.11 Å². The first kappa shape index (κ1) is 50.8. The fraction of sp³-hybridized carbons (Fsp3) is 0.674. The van der Waals surface area contributed by atoms with Crippen LogP contribution in [0.3, 0.4) is 0 Å². The maximum absolute atomic E-state index is 12.7. The van der Waals surface area contributed by atoms with Gasteiger partial charge in [-0.1, -0.05) is 138 Å². The van der Waals surface area contributed by atoms with Crippen molar-refractivity contribution < 1.29 is 38.2 Å². The zero-order chi connectivity index (χ0) is 40.0. The molecule has 0 aromatic heterocycles. The van der Waals surface area contributed by atoms with Gasteiger partial charge in [-0.15, -0.1) is 0 Å². The Balaban J connectivity index is 4.45. The van der Waals surface area contributed by atoms with Gasteiger partial charge in [0, 0.05) is 19.3 Å². The van der Waals surface area contributed by atoms with Gasteiger partial charge in [0.1, 0.15) is 12.6 Å². The number of carbonyl (C=O) groups excluding carboxylic acids is 3. The summed E-state index contributed by atoms with van der Waals surface area (Å²) in [6.07, 6.45) is 45.0. The smallest absolute Gasteiger partial charge is 0.306 e. The molecule has 0 spiro atoms. The minimum absolute atomic E-state index is 0.0207. The Kier molecular flexibility index (Phi) is 34.5. The second-order valence-corrected chi connectivity index (χ2v) is 14.9. The summed E-state index contributed by atoms with van der Waals surface area (Å²) in [6, 6.07) is -0.736. The van der Waals surface area contributed by atoms with Crippen molar-refractivity contribution in [2.75, 3.05) is 41.0 Å². The largest absolute Gasteiger partial charge is 0.544 e. The van der Waals surface area contributed by atoms with E-state index in [9.17, 15) is 19.5 Å². The minimum Gasteiger partial charge on any atom is -0.544 e. The third kappa shape index (κ3) is 34.5. The molecule has 0 heterocycles. The molecule has 2 unspecified atom stereocenters. The first-order chi connectivity index (χ1) is 26.1. The number of hydrogen-bond donors (Lipinski definition) is 0. The number of carboxylic acid groups (broad SMARTS) is 1. The predicted octanol–water partition coefficient (Wildman–Crippen LogP) is 9.85. The van der Waals surface area contributed by atoms with E-state index in [2.05, 4.69) is 50.3 Å². The fourth-order valence-corrected chi connectivity index (χ4v) is 5.64. The summed E-state index contributed by atoms with van der Waals surface area (Å²) in [6.45, 7) is 4.42. The summed E-state index contributed by atoms with van der Waals surface area (Å²) in [5.74, 6) is -1.81. The number of likely N-dealkylation sites (N-methyl/N-ethyl adjacent to an activating group) is 1. The number of nitrogens with zero attached hydrogens (tertiary/aromatic N) is 1. The number of carbonyl (C=O) groups is 3. The molecular weight excluding hydrogens is 679 g/mol. The van der Waals surface area contributed by atoms with Crippen LogP contribution in [0.2, 0.25) is 0 Å². The maximum Gasteiger partial charge on any atom is 0.306 e. The monoisotopic (exact) mass is 756 g/mol. The molecule has 8 heteroatoms. The highest BCUT2D eigenvalue weighted by Gasteiger charge is 2.25. The molecule has 0 amide bonds. The molecule has 0 radical (unpaired) electrons. The van der Waals surface area contributed by atoms with E-state index in [4.69, 9.17) is 14.2 Å². The van der Waals surface area contributed by atoms with Gasteiger partial charge >= 0.3 is 11.9 Å². The SMILES string of the molecule is CC/C=C/C=C/C=C/C=C/CCCCCC(=O)OCC(COCCC(C(=O)[O-])[N+](C)(C)C)OC(=O)CCCCCCCCC/C=C/C/C=C/CCCCC. The van der Waals surface area contributed by atoms with Crippen molar-refractivity contribution >= 4 is 17.9 Å². The molecular formula is C46H77NO7. The quantitative estimate of drug-likeness (QED) is 0.0206. The van der Waals surface area contributed by atoms with Crippen molar-refractivity contribution in [1.82, 2.24) is 0 Å². The summed E-state index contributed by atoms with van der Waals surface area (Å²) in [4.78, 5) is 36.8. The standard InChI is InChI=1S/C46H77NO7/c1-6-8-10-12-14-16-18-20-21-22-23-25-27-29-31-33-35-37-45(49)54-42(40-52-39-38-43(46(50)51)47(3,4)5)41-53-44(48)36-34-32-30-28-26-24-19-17-15-13-11-9-7-2/h9,11,13-17,19-21,24,26,42-43H,6-8,10,12,18,22-23,25,27-41H2,1-5H3/b11-9+,15-13+,16-14+,19-17+,21-20+,26-24+. The molecule has 0 aliphatic rings. The van der Waals surface area contributed by atoms with E-state index in [0.29, 0.717) is 12.8 Å². The lowest BCUT2D eigenvalue weighted by Gasteiger charge is -2.34. The first-order valence-electron chi connectivity index (χ1n) is 21.0. The fourth-order valence-electron chi connectivity index (χ4n) is 5.64. The molecule has 308 valence electrons. The Morgan fingerprint density at radius 1 is 0.593 bits per heavy atom. The average molecular weight is 756 g/mol.